The number of nitrogens with zero attached hydrogens (tertiary/aromatic N) is 2. The summed E-state index contributed by atoms with van der Waals surface area (Å²) in [4.78, 5) is 45.8. The first kappa shape index (κ1) is 30.8. The van der Waals surface area contributed by atoms with Gasteiger partial charge in [-0.3, -0.25) is 19.3 Å². The van der Waals surface area contributed by atoms with Gasteiger partial charge in [-0.1, -0.05) is 25.1 Å². The Bertz CT molecular complexity index is 1200. The molecule has 2 aliphatic rings. The van der Waals surface area contributed by atoms with Crippen molar-refractivity contribution in [2.45, 2.75) is 44.7 Å². The minimum absolute atomic E-state index is 0.137. The van der Waals surface area contributed by atoms with Gasteiger partial charge in [-0.05, 0) is 37.0 Å². The number of carbonyl (C=O) groups excluding carboxylic acids is 3. The van der Waals surface area contributed by atoms with Crippen molar-refractivity contribution in [1.82, 2.24) is 25.8 Å². The van der Waals surface area contributed by atoms with Gasteiger partial charge in [0.1, 0.15) is 6.04 Å². The van der Waals surface area contributed by atoms with Crippen molar-refractivity contribution in [3.8, 4) is 0 Å². The van der Waals surface area contributed by atoms with Gasteiger partial charge >= 0.3 is 0 Å². The van der Waals surface area contributed by atoms with E-state index in [1.807, 2.05) is 23.9 Å². The van der Waals surface area contributed by atoms with E-state index in [2.05, 4.69) is 32.4 Å². The molecule has 0 radical (unpaired) electrons. The lowest BCUT2D eigenvalue weighted by Gasteiger charge is -2.32. The molecule has 2 atom stereocenters. The van der Waals surface area contributed by atoms with Gasteiger partial charge in [-0.25, -0.2) is 4.98 Å². The summed E-state index contributed by atoms with van der Waals surface area (Å²) in [5, 5.41) is 10.4. The van der Waals surface area contributed by atoms with Crippen molar-refractivity contribution < 1.29 is 19.1 Å². The van der Waals surface area contributed by atoms with Gasteiger partial charge in [0, 0.05) is 80.4 Å². The average molecular weight is 608 g/mol. The molecule has 2 aromatic rings. The van der Waals surface area contributed by atoms with Crippen molar-refractivity contribution in [2.24, 2.45) is 5.92 Å². The number of nitrogens with one attached hydrogen (secondary N) is 3. The topological polar surface area (TPSA) is 113 Å². The third-order valence-electron chi connectivity index (χ3n) is 7.23. The molecule has 0 unspecified atom stereocenters. The smallest absolute Gasteiger partial charge is 0.247 e. The highest BCUT2D eigenvalue weighted by Crippen LogP contribution is 2.26. The molecular formula is C28H38ClN5O4S2. The zero-order valence-electron chi connectivity index (χ0n) is 22.9. The fourth-order valence-electron chi connectivity index (χ4n) is 4.88. The van der Waals surface area contributed by atoms with Crippen LogP contribution in [0.25, 0.3) is 10.2 Å². The minimum Gasteiger partial charge on any atom is -0.381 e. The molecule has 1 aromatic heterocycles. The van der Waals surface area contributed by atoms with E-state index in [9.17, 15) is 14.4 Å². The first-order valence-electron chi connectivity index (χ1n) is 13.8. The lowest BCUT2D eigenvalue weighted by molar-refractivity contribution is -0.129. The van der Waals surface area contributed by atoms with Crippen LogP contribution < -0.4 is 16.0 Å². The Balaban J connectivity index is 1.42. The maximum Gasteiger partial charge on any atom is 0.247 e. The molecule has 2 aliphatic heterocycles. The van der Waals surface area contributed by atoms with E-state index in [1.54, 1.807) is 13.0 Å². The summed E-state index contributed by atoms with van der Waals surface area (Å²) in [5.41, 5.74) is 1.32. The van der Waals surface area contributed by atoms with Crippen molar-refractivity contribution in [2.75, 3.05) is 50.9 Å². The Kier molecular flexibility index (Phi) is 11.7. The highest BCUT2D eigenvalue weighted by molar-refractivity contribution is 7.99. The number of thiazole rings is 1. The first-order valence-corrected chi connectivity index (χ1v) is 16.2. The lowest BCUT2D eigenvalue weighted by Crippen LogP contribution is -2.55. The molecule has 0 saturated carbocycles. The number of halogens is 1. The van der Waals surface area contributed by atoms with Gasteiger partial charge in [-0.15, -0.1) is 11.3 Å². The van der Waals surface area contributed by atoms with Gasteiger partial charge in [0.25, 0.3) is 0 Å². The number of carbonyl (C=O) groups is 3. The monoisotopic (exact) mass is 607 g/mol. The number of fused-ring (bicyclic) bond motifs is 1. The van der Waals surface area contributed by atoms with Crippen molar-refractivity contribution in [1.29, 1.82) is 0 Å². The molecule has 218 valence electrons. The van der Waals surface area contributed by atoms with E-state index in [0.29, 0.717) is 30.4 Å². The molecule has 4 rings (SSSR count). The van der Waals surface area contributed by atoms with Crippen LogP contribution in [0.1, 0.15) is 31.2 Å². The van der Waals surface area contributed by atoms with Crippen molar-refractivity contribution in [3.05, 3.63) is 40.4 Å². The number of aromatic nitrogens is 1. The van der Waals surface area contributed by atoms with Crippen LogP contribution in [0.5, 0.6) is 0 Å². The lowest BCUT2D eigenvalue weighted by atomic mass is 9.91. The van der Waals surface area contributed by atoms with Crippen LogP contribution in [0.3, 0.4) is 0 Å². The summed E-state index contributed by atoms with van der Waals surface area (Å²) >= 11 is 9.51. The number of amides is 3. The molecule has 3 heterocycles. The van der Waals surface area contributed by atoms with E-state index in [0.717, 1.165) is 52.7 Å². The molecule has 40 heavy (non-hydrogen) atoms. The number of ether oxygens (including phenoxy) is 1. The molecule has 0 bridgehead atoms. The third-order valence-corrected chi connectivity index (χ3v) is 9.45. The van der Waals surface area contributed by atoms with Crippen molar-refractivity contribution >= 4 is 62.6 Å². The van der Waals surface area contributed by atoms with Crippen molar-refractivity contribution in [3.63, 3.8) is 0 Å². The van der Waals surface area contributed by atoms with Gasteiger partial charge < -0.3 is 20.7 Å². The summed E-state index contributed by atoms with van der Waals surface area (Å²) in [7, 11) is 0. The molecule has 0 spiro atoms. The second-order valence-corrected chi connectivity index (χ2v) is 12.9. The normalized spacial score (nSPS) is 18.1. The zero-order chi connectivity index (χ0) is 28.5. The third kappa shape index (κ3) is 8.91. The van der Waals surface area contributed by atoms with Crippen LogP contribution in [0.4, 0.5) is 0 Å². The fourth-order valence-corrected chi connectivity index (χ4v) is 7.15. The molecule has 3 amide bonds. The van der Waals surface area contributed by atoms with E-state index in [4.69, 9.17) is 16.3 Å². The van der Waals surface area contributed by atoms with Crippen LogP contribution in [0.2, 0.25) is 5.02 Å². The number of benzene rings is 1. The van der Waals surface area contributed by atoms with E-state index in [1.165, 1.54) is 11.3 Å². The Morgan fingerprint density at radius 3 is 2.67 bits per heavy atom. The summed E-state index contributed by atoms with van der Waals surface area (Å²) in [6.45, 7) is 9.69. The average Bonchev–Trinajstić information content (AvgIpc) is 3.36. The quantitative estimate of drug-likeness (QED) is 0.318. The number of hydrogen-bond donors (Lipinski definition) is 3. The molecule has 12 heteroatoms. The van der Waals surface area contributed by atoms with Crippen LogP contribution >= 0.6 is 34.7 Å². The van der Waals surface area contributed by atoms with Crippen LogP contribution in [0.15, 0.2) is 30.4 Å². The number of thioether (sulfide) groups is 1. The van der Waals surface area contributed by atoms with Gasteiger partial charge in [-0.2, -0.15) is 11.8 Å². The summed E-state index contributed by atoms with van der Waals surface area (Å²) in [5.74, 6) is 1.55. The second-order valence-electron chi connectivity index (χ2n) is 10.2. The molecule has 3 N–H and O–H groups in total. The number of rotatable bonds is 12. The van der Waals surface area contributed by atoms with Gasteiger partial charge in [0.05, 0.1) is 15.2 Å². The number of hydrogen-bond acceptors (Lipinski definition) is 8. The molecule has 9 nitrogen and oxygen atoms in total. The maximum absolute atomic E-state index is 13.6. The highest BCUT2D eigenvalue weighted by Gasteiger charge is 2.30. The molecular weight excluding hydrogens is 570 g/mol. The van der Waals surface area contributed by atoms with E-state index < -0.39 is 6.04 Å². The molecule has 2 fully saturated rings. The fraction of sp³-hybridized carbons (Fsp3) is 0.571. The zero-order valence-corrected chi connectivity index (χ0v) is 25.3. The minimum atomic E-state index is -0.798. The van der Waals surface area contributed by atoms with Crippen LogP contribution in [0, 0.1) is 5.92 Å². The Hall–Kier alpha value is -2.18. The summed E-state index contributed by atoms with van der Waals surface area (Å²) in [6.07, 6.45) is 2.07. The summed E-state index contributed by atoms with van der Waals surface area (Å²) in [6, 6.07) is 4.37. The van der Waals surface area contributed by atoms with Crippen LogP contribution in [-0.2, 0) is 25.5 Å². The Labute approximate surface area is 248 Å². The van der Waals surface area contributed by atoms with Crippen LogP contribution in [-0.4, -0.2) is 90.6 Å². The predicted molar refractivity (Wildman–Crippen MR) is 162 cm³/mol. The molecule has 0 aliphatic carbocycles. The first-order chi connectivity index (χ1) is 19.3. The largest absolute Gasteiger partial charge is 0.381 e. The van der Waals surface area contributed by atoms with E-state index in [-0.39, 0.29) is 49.1 Å². The van der Waals surface area contributed by atoms with E-state index >= 15 is 0 Å². The maximum atomic E-state index is 13.6. The standard InChI is InChI=1S/C28H38ClN5O4S2/c1-3-25(35)31-22(15-26-32-21-5-4-20(29)14-24(21)40-26)28(37)33-23(19-6-10-38-11-7-19)16-30-27(36)18(2)17-34-8-12-39-13-9-34/h4-5,14,19,22-23H,2-3,6-13,15-17H2,1H3,(H,30,36)(H,31,35)(H,33,37)/t22-,23+/m0/s1. The van der Waals surface area contributed by atoms with Gasteiger partial charge in [0.2, 0.25) is 17.7 Å². The summed E-state index contributed by atoms with van der Waals surface area (Å²) < 4.78 is 6.47. The molecule has 1 aromatic carbocycles. The second kappa shape index (κ2) is 15.2. The highest BCUT2D eigenvalue weighted by atomic mass is 35.5. The molecule has 2 saturated heterocycles. The van der Waals surface area contributed by atoms with Gasteiger partial charge in [0.15, 0.2) is 0 Å². The predicted octanol–water partition coefficient (Wildman–Crippen LogP) is 3.02. The SMILES string of the molecule is C=C(CN1CCSCC1)C(=O)NC[C@@H](NC(=O)[C@H](Cc1nc2ccc(Cl)cc2s1)NC(=O)CC)C1CCOCC1. The Morgan fingerprint density at radius 2 is 1.95 bits per heavy atom. The Morgan fingerprint density at radius 1 is 1.20 bits per heavy atom.